The number of halogens is 2. The lowest BCUT2D eigenvalue weighted by molar-refractivity contribution is -0.116. The topological polar surface area (TPSA) is 75.7 Å². The second-order valence-electron chi connectivity index (χ2n) is 5.55. The summed E-state index contributed by atoms with van der Waals surface area (Å²) in [4.78, 5) is 12.6. The van der Waals surface area contributed by atoms with Crippen molar-refractivity contribution < 1.29 is 17.9 Å². The average molecular weight is 417 g/mol. The molecule has 0 fully saturated rings. The number of carbonyl (C=O) groups is 1. The highest BCUT2D eigenvalue weighted by Crippen LogP contribution is 2.27. The van der Waals surface area contributed by atoms with Gasteiger partial charge in [-0.2, -0.15) is 0 Å². The maximum atomic E-state index is 12.6. The van der Waals surface area contributed by atoms with Crippen LogP contribution in [0.1, 0.15) is 6.92 Å². The highest BCUT2D eigenvalue weighted by atomic mass is 35.5. The van der Waals surface area contributed by atoms with Crippen molar-refractivity contribution in [1.29, 1.82) is 0 Å². The lowest BCUT2D eigenvalue weighted by atomic mass is 10.2. The number of methoxy groups -OCH3 is 1. The van der Waals surface area contributed by atoms with Crippen molar-refractivity contribution in [3.8, 4) is 5.75 Å². The van der Waals surface area contributed by atoms with Gasteiger partial charge in [-0.15, -0.1) is 0 Å². The van der Waals surface area contributed by atoms with E-state index in [1.54, 1.807) is 36.4 Å². The molecule has 0 saturated carbocycles. The summed E-state index contributed by atoms with van der Waals surface area (Å²) in [7, 11) is -2.19. The number of nitrogens with one attached hydrogen (secondary N) is 1. The highest BCUT2D eigenvalue weighted by Gasteiger charge is 2.29. The minimum absolute atomic E-state index is 0.284. The van der Waals surface area contributed by atoms with Crippen molar-refractivity contribution in [3.05, 3.63) is 52.5 Å². The van der Waals surface area contributed by atoms with Crippen LogP contribution in [-0.2, 0) is 14.8 Å². The van der Waals surface area contributed by atoms with Crippen LogP contribution in [-0.4, -0.2) is 33.7 Å². The molecule has 0 radical (unpaired) electrons. The number of nitrogens with zero attached hydrogens (tertiary/aromatic N) is 1. The normalized spacial score (nSPS) is 12.3. The van der Waals surface area contributed by atoms with Crippen molar-refractivity contribution in [2.45, 2.75) is 13.0 Å². The Bertz CT molecular complexity index is 901. The number of hydrogen-bond donors (Lipinski definition) is 1. The van der Waals surface area contributed by atoms with Crippen LogP contribution < -0.4 is 14.4 Å². The van der Waals surface area contributed by atoms with E-state index in [2.05, 4.69) is 5.32 Å². The fourth-order valence-electron chi connectivity index (χ4n) is 2.36. The Balaban J connectivity index is 2.29. The van der Waals surface area contributed by atoms with Crippen LogP contribution in [0.4, 0.5) is 11.4 Å². The van der Waals surface area contributed by atoms with Crippen LogP contribution in [0.2, 0.25) is 10.0 Å². The Labute approximate surface area is 162 Å². The molecule has 1 N–H and O–H groups in total. The third-order valence-corrected chi connectivity index (χ3v) is 5.58. The Morgan fingerprint density at radius 1 is 1.12 bits per heavy atom. The molecular formula is C17H18Cl2N2O4S. The molecule has 1 amide bonds. The monoisotopic (exact) mass is 416 g/mol. The van der Waals surface area contributed by atoms with E-state index in [-0.39, 0.29) is 5.02 Å². The van der Waals surface area contributed by atoms with Crippen LogP contribution in [0, 0.1) is 0 Å². The SMILES string of the molecule is COc1ccc(N(C(C)C(=O)Nc2ccc(Cl)c(Cl)c2)S(C)(=O)=O)cc1. The lowest BCUT2D eigenvalue weighted by Gasteiger charge is -2.28. The van der Waals surface area contributed by atoms with Gasteiger partial charge in [0.05, 0.1) is 29.1 Å². The van der Waals surface area contributed by atoms with E-state index in [4.69, 9.17) is 27.9 Å². The predicted molar refractivity (Wildman–Crippen MR) is 105 cm³/mol. The summed E-state index contributed by atoms with van der Waals surface area (Å²) in [5.41, 5.74) is 0.768. The molecule has 9 heteroatoms. The van der Waals surface area contributed by atoms with Gasteiger partial charge in [-0.3, -0.25) is 9.10 Å². The summed E-state index contributed by atoms with van der Waals surface area (Å²) in [5.74, 6) is 0.0692. The number of anilines is 2. The highest BCUT2D eigenvalue weighted by molar-refractivity contribution is 7.92. The van der Waals surface area contributed by atoms with Gasteiger partial charge < -0.3 is 10.1 Å². The van der Waals surface area contributed by atoms with Crippen LogP contribution in [0.5, 0.6) is 5.75 Å². The Hall–Kier alpha value is -1.96. The van der Waals surface area contributed by atoms with E-state index in [1.807, 2.05) is 0 Å². The molecule has 1 atom stereocenters. The standard InChI is InChI=1S/C17H18Cl2N2O4S/c1-11(17(22)20-12-4-9-15(18)16(19)10-12)21(26(3,23)24)13-5-7-14(25-2)8-6-13/h4-11H,1-3H3,(H,20,22). The van der Waals surface area contributed by atoms with Crippen LogP contribution in [0.3, 0.4) is 0 Å². The van der Waals surface area contributed by atoms with Crippen molar-refractivity contribution in [2.75, 3.05) is 23.0 Å². The van der Waals surface area contributed by atoms with Crippen LogP contribution in [0.15, 0.2) is 42.5 Å². The zero-order valence-corrected chi connectivity index (χ0v) is 16.7. The smallest absolute Gasteiger partial charge is 0.247 e. The molecule has 2 aromatic rings. The van der Waals surface area contributed by atoms with Gasteiger partial charge in [0.2, 0.25) is 15.9 Å². The molecule has 0 saturated heterocycles. The molecule has 26 heavy (non-hydrogen) atoms. The number of benzene rings is 2. The first-order chi connectivity index (χ1) is 12.1. The summed E-state index contributed by atoms with van der Waals surface area (Å²) in [6.45, 7) is 1.50. The number of rotatable bonds is 6. The number of carbonyl (C=O) groups excluding carboxylic acids is 1. The van der Waals surface area contributed by atoms with E-state index in [0.29, 0.717) is 22.1 Å². The van der Waals surface area contributed by atoms with E-state index >= 15 is 0 Å². The molecule has 0 spiro atoms. The molecule has 2 aromatic carbocycles. The molecule has 1 unspecified atom stereocenters. The zero-order valence-electron chi connectivity index (χ0n) is 14.4. The molecule has 140 valence electrons. The van der Waals surface area contributed by atoms with Gasteiger partial charge in [-0.1, -0.05) is 23.2 Å². The van der Waals surface area contributed by atoms with E-state index in [1.165, 1.54) is 20.1 Å². The van der Waals surface area contributed by atoms with Gasteiger partial charge in [0, 0.05) is 5.69 Å². The minimum atomic E-state index is -3.70. The van der Waals surface area contributed by atoms with Crippen LogP contribution >= 0.6 is 23.2 Å². The maximum absolute atomic E-state index is 12.6. The predicted octanol–water partition coefficient (Wildman–Crippen LogP) is 3.80. The first-order valence-electron chi connectivity index (χ1n) is 7.53. The van der Waals surface area contributed by atoms with Crippen molar-refractivity contribution >= 4 is 50.5 Å². The van der Waals surface area contributed by atoms with Gasteiger partial charge >= 0.3 is 0 Å². The number of hydrogen-bond acceptors (Lipinski definition) is 4. The maximum Gasteiger partial charge on any atom is 0.247 e. The molecule has 6 nitrogen and oxygen atoms in total. The summed E-state index contributed by atoms with van der Waals surface area (Å²) >= 11 is 11.8. The fraction of sp³-hybridized carbons (Fsp3) is 0.235. The second-order valence-corrected chi connectivity index (χ2v) is 8.22. The van der Waals surface area contributed by atoms with Gasteiger partial charge in [-0.25, -0.2) is 8.42 Å². The number of ether oxygens (including phenoxy) is 1. The van der Waals surface area contributed by atoms with Crippen molar-refractivity contribution in [2.24, 2.45) is 0 Å². The fourth-order valence-corrected chi connectivity index (χ4v) is 3.83. The van der Waals surface area contributed by atoms with E-state index < -0.39 is 22.0 Å². The van der Waals surface area contributed by atoms with E-state index in [9.17, 15) is 13.2 Å². The molecule has 0 aliphatic heterocycles. The Kier molecular flexibility index (Phi) is 6.39. The van der Waals surface area contributed by atoms with E-state index in [0.717, 1.165) is 10.6 Å². The van der Waals surface area contributed by atoms with Gasteiger partial charge in [-0.05, 0) is 49.4 Å². The molecule has 0 heterocycles. The number of sulfonamides is 1. The largest absolute Gasteiger partial charge is 0.497 e. The van der Waals surface area contributed by atoms with Gasteiger partial charge in [0.25, 0.3) is 0 Å². The quantitative estimate of drug-likeness (QED) is 0.776. The third kappa shape index (κ3) is 4.81. The second kappa shape index (κ2) is 8.16. The molecule has 0 aliphatic rings. The van der Waals surface area contributed by atoms with Crippen molar-refractivity contribution in [1.82, 2.24) is 0 Å². The number of amides is 1. The first kappa shape index (κ1) is 20.4. The summed E-state index contributed by atoms with van der Waals surface area (Å²) < 4.78 is 30.6. The van der Waals surface area contributed by atoms with Gasteiger partial charge in [0.1, 0.15) is 11.8 Å². The molecule has 2 rings (SSSR count). The molecule has 0 aromatic heterocycles. The summed E-state index contributed by atoms with van der Waals surface area (Å²) in [6.07, 6.45) is 1.04. The Morgan fingerprint density at radius 3 is 2.23 bits per heavy atom. The first-order valence-corrected chi connectivity index (χ1v) is 10.1. The Morgan fingerprint density at radius 2 is 1.73 bits per heavy atom. The third-order valence-electron chi connectivity index (χ3n) is 3.60. The average Bonchev–Trinajstić information content (AvgIpc) is 2.57. The molecule has 0 bridgehead atoms. The van der Waals surface area contributed by atoms with Crippen molar-refractivity contribution in [3.63, 3.8) is 0 Å². The van der Waals surface area contributed by atoms with Gasteiger partial charge in [0.15, 0.2) is 0 Å². The lowest BCUT2D eigenvalue weighted by Crippen LogP contribution is -2.45. The van der Waals surface area contributed by atoms with Crippen LogP contribution in [0.25, 0.3) is 0 Å². The summed E-state index contributed by atoms with van der Waals surface area (Å²) in [5, 5.41) is 3.28. The molecule has 0 aliphatic carbocycles. The minimum Gasteiger partial charge on any atom is -0.497 e. The zero-order chi connectivity index (χ0) is 19.5. The summed E-state index contributed by atoms with van der Waals surface area (Å²) in [6, 6.07) is 10.0. The molecular weight excluding hydrogens is 399 g/mol.